The summed E-state index contributed by atoms with van der Waals surface area (Å²) in [6.07, 6.45) is 10.7. The number of esters is 1. The molecule has 0 saturated carbocycles. The fraction of sp³-hybridized carbons (Fsp3) is 0.586. The molecule has 2 aliphatic rings. The van der Waals surface area contributed by atoms with Crippen LogP contribution >= 0.6 is 0 Å². The third-order valence-electron chi connectivity index (χ3n) is 7.12. The molecule has 1 saturated heterocycles. The van der Waals surface area contributed by atoms with Gasteiger partial charge >= 0.3 is 5.97 Å². The number of ether oxygens (including phenoxy) is 1. The Balaban J connectivity index is 1.87. The molecule has 39 heavy (non-hydrogen) atoms. The molecule has 2 amide bonds. The van der Waals surface area contributed by atoms with Gasteiger partial charge in [0, 0.05) is 31.5 Å². The number of cyclic esters (lactones) is 1. The van der Waals surface area contributed by atoms with Crippen molar-refractivity contribution in [1.29, 1.82) is 0 Å². The number of aliphatic hydroxyl groups excluding tert-OH is 1. The van der Waals surface area contributed by atoms with Crippen LogP contribution < -0.4 is 10.6 Å². The molecule has 3 rings (SSSR count). The van der Waals surface area contributed by atoms with Crippen molar-refractivity contribution in [2.75, 3.05) is 20.1 Å². The van der Waals surface area contributed by atoms with Crippen LogP contribution in [0, 0.1) is 11.8 Å². The first-order valence-electron chi connectivity index (χ1n) is 13.7. The Morgan fingerprint density at radius 3 is 2.72 bits per heavy atom. The van der Waals surface area contributed by atoms with Crippen LogP contribution in [-0.2, 0) is 20.7 Å². The maximum atomic E-state index is 13.3. The molecule has 1 aromatic heterocycles. The van der Waals surface area contributed by atoms with E-state index >= 15 is 0 Å². The Morgan fingerprint density at radius 2 is 2.00 bits per heavy atom. The first-order chi connectivity index (χ1) is 18.6. The van der Waals surface area contributed by atoms with Crippen molar-refractivity contribution >= 4 is 17.8 Å². The van der Waals surface area contributed by atoms with Gasteiger partial charge < -0.3 is 29.8 Å². The lowest BCUT2D eigenvalue weighted by Crippen LogP contribution is -2.44. The van der Waals surface area contributed by atoms with E-state index in [1.807, 2.05) is 39.8 Å². The summed E-state index contributed by atoms with van der Waals surface area (Å²) in [5, 5.41) is 16.5. The van der Waals surface area contributed by atoms with Gasteiger partial charge in [-0.15, -0.1) is 0 Å². The van der Waals surface area contributed by atoms with Gasteiger partial charge in [-0.3, -0.25) is 9.59 Å². The van der Waals surface area contributed by atoms with Crippen LogP contribution in [0.25, 0.3) is 0 Å². The average molecular weight is 543 g/mol. The van der Waals surface area contributed by atoms with Crippen molar-refractivity contribution in [2.24, 2.45) is 11.8 Å². The van der Waals surface area contributed by atoms with Crippen molar-refractivity contribution in [2.45, 2.75) is 77.7 Å². The number of carbonyl (C=O) groups is 3. The number of aliphatic hydroxyl groups is 1. The van der Waals surface area contributed by atoms with Gasteiger partial charge in [-0.05, 0) is 45.2 Å². The van der Waals surface area contributed by atoms with E-state index in [4.69, 9.17) is 9.15 Å². The lowest BCUT2D eigenvalue weighted by Gasteiger charge is -2.29. The molecule has 1 aromatic rings. The highest BCUT2D eigenvalue weighted by Gasteiger charge is 2.38. The predicted octanol–water partition coefficient (Wildman–Crippen LogP) is 2.55. The molecule has 0 spiro atoms. The standard InChI is InChI=1S/C29H42N4O6/c1-18(2)27-20(4)10-11-25(35)31-12-6-8-19(3)14-22(34)15-21(30-5)16-26-32-23(17-38-26)28(36)33-13-7-9-24(33)29(37)39-27/h6,8,10-11,14,17-18,20-22,24,27,30,34H,7,9,12-13,15-16H2,1-5H3,(H,31,35)/b8-6+,11-10+,19-14+/t20-,21+,22-,24-,27?/m1/s1. The molecule has 0 aliphatic carbocycles. The number of hydrogen-bond acceptors (Lipinski definition) is 8. The first kappa shape index (κ1) is 30.3. The van der Waals surface area contributed by atoms with Gasteiger partial charge in [0.2, 0.25) is 5.91 Å². The van der Waals surface area contributed by atoms with Crippen LogP contribution in [-0.4, -0.2) is 77.2 Å². The summed E-state index contributed by atoms with van der Waals surface area (Å²) in [6, 6.07) is -0.853. The number of oxazole rings is 1. The predicted molar refractivity (Wildman–Crippen MR) is 147 cm³/mol. The van der Waals surface area contributed by atoms with E-state index in [9.17, 15) is 19.5 Å². The number of nitrogens with one attached hydrogen (secondary N) is 2. The normalized spacial score (nSPS) is 31.2. The van der Waals surface area contributed by atoms with Crippen LogP contribution in [0.4, 0.5) is 0 Å². The van der Waals surface area contributed by atoms with Crippen LogP contribution in [0.1, 0.15) is 63.3 Å². The zero-order chi connectivity index (χ0) is 28.5. The summed E-state index contributed by atoms with van der Waals surface area (Å²) >= 11 is 0. The van der Waals surface area contributed by atoms with Crippen LogP contribution in [0.2, 0.25) is 0 Å². The number of aromatic nitrogens is 1. The first-order valence-corrected chi connectivity index (χ1v) is 13.7. The maximum absolute atomic E-state index is 13.3. The molecule has 3 N–H and O–H groups in total. The fourth-order valence-corrected chi connectivity index (χ4v) is 5.01. The Morgan fingerprint density at radius 1 is 1.23 bits per heavy atom. The highest BCUT2D eigenvalue weighted by atomic mass is 16.5. The number of hydrogen-bond donors (Lipinski definition) is 3. The monoisotopic (exact) mass is 542 g/mol. The number of carbonyl (C=O) groups excluding carboxylic acids is 3. The van der Waals surface area contributed by atoms with Gasteiger partial charge in [-0.25, -0.2) is 9.78 Å². The van der Waals surface area contributed by atoms with E-state index in [2.05, 4.69) is 15.6 Å². The van der Waals surface area contributed by atoms with E-state index in [-0.39, 0.29) is 35.4 Å². The SMILES string of the molecule is CN[C@@H]1Cc2nc(co2)C(=O)N2CCC[C@@H]2C(=O)OC(C(C)C)[C@H](C)/C=C/C(=O)NC/C=C/C(C)=C/[C@@H](O)C1. The van der Waals surface area contributed by atoms with Crippen molar-refractivity contribution in [3.05, 3.63) is 53.8 Å². The lowest BCUT2D eigenvalue weighted by molar-refractivity contribution is -0.158. The minimum absolute atomic E-state index is 0.00274. The molecule has 0 radical (unpaired) electrons. The molecule has 3 heterocycles. The number of fused-ring (bicyclic) bond motifs is 3. The number of allylic oxidation sites excluding steroid dienone is 2. The Bertz CT molecular complexity index is 1090. The van der Waals surface area contributed by atoms with Crippen molar-refractivity contribution < 1.29 is 28.6 Å². The van der Waals surface area contributed by atoms with Crippen LogP contribution in [0.5, 0.6) is 0 Å². The average Bonchev–Trinajstić information content (AvgIpc) is 3.57. The summed E-state index contributed by atoms with van der Waals surface area (Å²) in [5.74, 6) is -0.922. The van der Waals surface area contributed by atoms with Gasteiger partial charge in [0.15, 0.2) is 11.6 Å². The lowest BCUT2D eigenvalue weighted by atomic mass is 9.94. The van der Waals surface area contributed by atoms with Crippen molar-refractivity contribution in [3.63, 3.8) is 0 Å². The summed E-state index contributed by atoms with van der Waals surface area (Å²) in [4.78, 5) is 44.8. The van der Waals surface area contributed by atoms with E-state index in [0.29, 0.717) is 44.7 Å². The molecule has 214 valence electrons. The van der Waals surface area contributed by atoms with Gasteiger partial charge in [-0.2, -0.15) is 0 Å². The van der Waals surface area contributed by atoms with Gasteiger partial charge in [0.25, 0.3) is 5.91 Å². The van der Waals surface area contributed by atoms with Gasteiger partial charge in [0.05, 0.1) is 6.10 Å². The topological polar surface area (TPSA) is 134 Å². The largest absolute Gasteiger partial charge is 0.460 e. The van der Waals surface area contributed by atoms with E-state index < -0.39 is 24.2 Å². The van der Waals surface area contributed by atoms with Gasteiger partial charge in [0.1, 0.15) is 18.4 Å². The zero-order valence-electron chi connectivity index (χ0n) is 23.6. The second-order valence-electron chi connectivity index (χ2n) is 10.7. The Hall–Kier alpha value is -3.24. The molecular formula is C29H42N4O6. The summed E-state index contributed by atoms with van der Waals surface area (Å²) in [5.41, 5.74) is 1.00. The minimum atomic E-state index is -0.714. The van der Waals surface area contributed by atoms with E-state index in [1.54, 1.807) is 19.2 Å². The smallest absolute Gasteiger partial charge is 0.329 e. The fourth-order valence-electron chi connectivity index (χ4n) is 5.01. The van der Waals surface area contributed by atoms with E-state index in [0.717, 1.165) is 5.57 Å². The second kappa shape index (κ2) is 14.2. The maximum Gasteiger partial charge on any atom is 0.329 e. The highest BCUT2D eigenvalue weighted by molar-refractivity contribution is 5.95. The van der Waals surface area contributed by atoms with E-state index in [1.165, 1.54) is 17.2 Å². The summed E-state index contributed by atoms with van der Waals surface area (Å²) in [6.45, 7) is 8.45. The quantitative estimate of drug-likeness (QED) is 0.486. The number of rotatable bonds is 2. The van der Waals surface area contributed by atoms with Crippen LogP contribution in [0.15, 0.2) is 46.6 Å². The Labute approximate surface area is 230 Å². The molecule has 10 nitrogen and oxygen atoms in total. The van der Waals surface area contributed by atoms with Crippen LogP contribution in [0.3, 0.4) is 0 Å². The molecule has 1 unspecified atom stereocenters. The molecule has 10 heteroatoms. The molecule has 0 aromatic carbocycles. The van der Waals surface area contributed by atoms with Gasteiger partial charge in [-0.1, -0.05) is 50.6 Å². The van der Waals surface area contributed by atoms with Crippen molar-refractivity contribution in [1.82, 2.24) is 20.5 Å². The number of nitrogens with zero attached hydrogens (tertiary/aromatic N) is 2. The molecule has 5 atom stereocenters. The summed E-state index contributed by atoms with van der Waals surface area (Å²) in [7, 11) is 1.79. The molecular weight excluding hydrogens is 500 g/mol. The molecule has 2 bridgehead atoms. The minimum Gasteiger partial charge on any atom is -0.460 e. The van der Waals surface area contributed by atoms with Crippen molar-refractivity contribution in [3.8, 4) is 0 Å². The number of amides is 2. The molecule has 1 fully saturated rings. The third-order valence-corrected chi connectivity index (χ3v) is 7.12. The third kappa shape index (κ3) is 8.63. The Kier molecular flexibility index (Phi) is 11.1. The second-order valence-corrected chi connectivity index (χ2v) is 10.7. The summed E-state index contributed by atoms with van der Waals surface area (Å²) < 4.78 is 11.5. The molecule has 2 aliphatic heterocycles. The highest BCUT2D eigenvalue weighted by Crippen LogP contribution is 2.25. The number of likely N-dealkylation sites (N-methyl/N-ethyl adjacent to an activating group) is 1. The zero-order valence-corrected chi connectivity index (χ0v) is 23.6.